The molecule has 0 spiro atoms. The van der Waals surface area contributed by atoms with E-state index in [0.717, 1.165) is 10.2 Å². The lowest BCUT2D eigenvalue weighted by Gasteiger charge is -2.06. The summed E-state index contributed by atoms with van der Waals surface area (Å²) in [5.41, 5.74) is 1.38. The fraction of sp³-hybridized carbons (Fsp3) is 0.158. The summed E-state index contributed by atoms with van der Waals surface area (Å²) in [5.74, 6) is 0.643. The maximum atomic E-state index is 12.3. The van der Waals surface area contributed by atoms with E-state index < -0.39 is 0 Å². The number of anilines is 1. The molecule has 27 heavy (non-hydrogen) atoms. The standard InChI is InChI=1S/C19H17BrN4O2S/c1-24-17(11-18(26)21-15-5-3-2-4-6-15)22-23-19(24)27-12-16(25)13-7-9-14(20)10-8-13/h2-10H,11-12H2,1H3,(H,21,26). The second-order valence-electron chi connectivity index (χ2n) is 5.77. The normalized spacial score (nSPS) is 10.6. The van der Waals surface area contributed by atoms with Gasteiger partial charge in [0.15, 0.2) is 10.9 Å². The molecule has 0 atom stereocenters. The van der Waals surface area contributed by atoms with Crippen molar-refractivity contribution in [2.75, 3.05) is 11.1 Å². The van der Waals surface area contributed by atoms with Gasteiger partial charge in [-0.05, 0) is 24.3 Å². The number of hydrogen-bond donors (Lipinski definition) is 1. The van der Waals surface area contributed by atoms with Crippen LogP contribution in [0.5, 0.6) is 0 Å². The summed E-state index contributed by atoms with van der Waals surface area (Å²) in [5, 5.41) is 11.6. The van der Waals surface area contributed by atoms with E-state index in [1.807, 2.05) is 42.5 Å². The second kappa shape index (κ2) is 8.96. The number of amides is 1. The van der Waals surface area contributed by atoms with Crippen LogP contribution in [0.2, 0.25) is 0 Å². The fourth-order valence-corrected chi connectivity index (χ4v) is 3.43. The van der Waals surface area contributed by atoms with E-state index in [9.17, 15) is 9.59 Å². The molecular weight excluding hydrogens is 428 g/mol. The van der Waals surface area contributed by atoms with Crippen LogP contribution in [0.25, 0.3) is 0 Å². The number of aromatic nitrogens is 3. The van der Waals surface area contributed by atoms with E-state index in [4.69, 9.17) is 0 Å². The van der Waals surface area contributed by atoms with Crippen molar-refractivity contribution in [3.8, 4) is 0 Å². The Morgan fingerprint density at radius 2 is 1.78 bits per heavy atom. The molecule has 0 aliphatic carbocycles. The van der Waals surface area contributed by atoms with E-state index in [1.54, 1.807) is 23.7 Å². The second-order valence-corrected chi connectivity index (χ2v) is 7.63. The molecule has 0 saturated carbocycles. The molecule has 0 fully saturated rings. The summed E-state index contributed by atoms with van der Waals surface area (Å²) in [6.45, 7) is 0. The molecule has 0 bridgehead atoms. The molecule has 0 aliphatic heterocycles. The molecule has 3 aromatic rings. The van der Waals surface area contributed by atoms with Crippen LogP contribution in [0.4, 0.5) is 5.69 Å². The van der Waals surface area contributed by atoms with Crippen LogP contribution in [0.15, 0.2) is 64.2 Å². The Labute approximate surface area is 169 Å². The van der Waals surface area contributed by atoms with Gasteiger partial charge in [-0.15, -0.1) is 10.2 Å². The Morgan fingerprint density at radius 1 is 1.07 bits per heavy atom. The zero-order chi connectivity index (χ0) is 19.2. The number of carbonyl (C=O) groups is 2. The van der Waals surface area contributed by atoms with Gasteiger partial charge in [-0.25, -0.2) is 0 Å². The van der Waals surface area contributed by atoms with Gasteiger partial charge in [0.2, 0.25) is 5.91 Å². The lowest BCUT2D eigenvalue weighted by molar-refractivity contribution is -0.115. The van der Waals surface area contributed by atoms with Gasteiger partial charge in [-0.3, -0.25) is 9.59 Å². The maximum Gasteiger partial charge on any atom is 0.232 e. The summed E-state index contributed by atoms with van der Waals surface area (Å²) in [6.07, 6.45) is 0.111. The van der Waals surface area contributed by atoms with Gasteiger partial charge in [0.1, 0.15) is 5.82 Å². The largest absolute Gasteiger partial charge is 0.326 e. The molecular formula is C19H17BrN4O2S. The Morgan fingerprint density at radius 3 is 2.48 bits per heavy atom. The van der Waals surface area contributed by atoms with Crippen molar-refractivity contribution < 1.29 is 9.59 Å². The van der Waals surface area contributed by atoms with Gasteiger partial charge < -0.3 is 9.88 Å². The van der Waals surface area contributed by atoms with Gasteiger partial charge in [-0.1, -0.05) is 58.0 Å². The highest BCUT2D eigenvalue weighted by Gasteiger charge is 2.15. The Bertz CT molecular complexity index is 942. The molecule has 1 N–H and O–H groups in total. The minimum absolute atomic E-state index is 0.0128. The predicted octanol–water partition coefficient (Wildman–Crippen LogP) is 3.73. The van der Waals surface area contributed by atoms with Gasteiger partial charge in [-0.2, -0.15) is 0 Å². The number of nitrogens with one attached hydrogen (secondary N) is 1. The van der Waals surface area contributed by atoms with Gasteiger partial charge in [0.05, 0.1) is 12.2 Å². The minimum Gasteiger partial charge on any atom is -0.326 e. The molecule has 2 aromatic carbocycles. The third-order valence-corrected chi connectivity index (χ3v) is 5.35. The average molecular weight is 445 g/mol. The molecule has 0 aliphatic rings. The molecule has 1 amide bonds. The highest BCUT2D eigenvalue weighted by molar-refractivity contribution is 9.10. The van der Waals surface area contributed by atoms with Crippen molar-refractivity contribution in [3.05, 3.63) is 70.5 Å². The Balaban J connectivity index is 1.57. The van der Waals surface area contributed by atoms with Crippen molar-refractivity contribution in [3.63, 3.8) is 0 Å². The van der Waals surface area contributed by atoms with E-state index in [2.05, 4.69) is 31.4 Å². The van der Waals surface area contributed by atoms with Crippen LogP contribution in [0.3, 0.4) is 0 Å². The Hall–Kier alpha value is -2.45. The summed E-state index contributed by atoms with van der Waals surface area (Å²) in [7, 11) is 1.79. The number of para-hydroxylation sites is 1. The fourth-order valence-electron chi connectivity index (χ4n) is 2.34. The first-order valence-electron chi connectivity index (χ1n) is 8.17. The van der Waals surface area contributed by atoms with Gasteiger partial charge in [0, 0.05) is 22.8 Å². The quantitative estimate of drug-likeness (QED) is 0.443. The monoisotopic (exact) mass is 444 g/mol. The molecule has 6 nitrogen and oxygen atoms in total. The number of thioether (sulfide) groups is 1. The molecule has 0 radical (unpaired) electrons. The first kappa shape index (κ1) is 19.3. The average Bonchev–Trinajstić information content (AvgIpc) is 3.01. The number of Topliss-reactive ketones (excluding diaryl/α,β-unsaturated/α-hetero) is 1. The van der Waals surface area contributed by atoms with Crippen LogP contribution in [-0.2, 0) is 18.3 Å². The summed E-state index contributed by atoms with van der Waals surface area (Å²) < 4.78 is 2.67. The first-order chi connectivity index (χ1) is 13.0. The van der Waals surface area contributed by atoms with Crippen LogP contribution < -0.4 is 5.32 Å². The number of rotatable bonds is 7. The predicted molar refractivity (Wildman–Crippen MR) is 109 cm³/mol. The molecule has 138 valence electrons. The highest BCUT2D eigenvalue weighted by Crippen LogP contribution is 2.19. The molecule has 1 aromatic heterocycles. The van der Waals surface area contributed by atoms with E-state index in [-0.39, 0.29) is 23.9 Å². The van der Waals surface area contributed by atoms with Crippen molar-refractivity contribution >= 4 is 45.1 Å². The third-order valence-electron chi connectivity index (χ3n) is 3.80. The number of ketones is 1. The number of hydrogen-bond acceptors (Lipinski definition) is 5. The molecule has 3 rings (SSSR count). The lowest BCUT2D eigenvalue weighted by Crippen LogP contribution is -2.17. The molecule has 0 unspecified atom stereocenters. The third kappa shape index (κ3) is 5.27. The van der Waals surface area contributed by atoms with E-state index in [0.29, 0.717) is 16.5 Å². The van der Waals surface area contributed by atoms with Crippen molar-refractivity contribution in [1.82, 2.24) is 14.8 Å². The molecule has 8 heteroatoms. The highest BCUT2D eigenvalue weighted by atomic mass is 79.9. The molecule has 1 heterocycles. The van der Waals surface area contributed by atoms with Gasteiger partial charge in [0.25, 0.3) is 0 Å². The van der Waals surface area contributed by atoms with Crippen LogP contribution in [-0.4, -0.2) is 32.2 Å². The summed E-state index contributed by atoms with van der Waals surface area (Å²) in [4.78, 5) is 24.4. The summed E-state index contributed by atoms with van der Waals surface area (Å²) >= 11 is 4.65. The molecule has 0 saturated heterocycles. The van der Waals surface area contributed by atoms with Crippen molar-refractivity contribution in [1.29, 1.82) is 0 Å². The van der Waals surface area contributed by atoms with Gasteiger partial charge >= 0.3 is 0 Å². The maximum absolute atomic E-state index is 12.3. The number of halogens is 1. The Kier molecular flexibility index (Phi) is 6.41. The lowest BCUT2D eigenvalue weighted by atomic mass is 10.2. The zero-order valence-electron chi connectivity index (χ0n) is 14.6. The SMILES string of the molecule is Cn1c(CC(=O)Nc2ccccc2)nnc1SCC(=O)c1ccc(Br)cc1. The first-order valence-corrected chi connectivity index (χ1v) is 9.95. The van der Waals surface area contributed by atoms with Crippen molar-refractivity contribution in [2.24, 2.45) is 7.05 Å². The minimum atomic E-state index is -0.167. The number of carbonyl (C=O) groups excluding carboxylic acids is 2. The topological polar surface area (TPSA) is 76.9 Å². The summed E-state index contributed by atoms with van der Waals surface area (Å²) in [6, 6.07) is 16.5. The van der Waals surface area contributed by atoms with E-state index in [1.165, 1.54) is 11.8 Å². The zero-order valence-corrected chi connectivity index (χ0v) is 17.0. The van der Waals surface area contributed by atoms with Crippen LogP contribution >= 0.6 is 27.7 Å². The number of benzene rings is 2. The smallest absolute Gasteiger partial charge is 0.232 e. The van der Waals surface area contributed by atoms with Crippen molar-refractivity contribution in [2.45, 2.75) is 11.6 Å². The van der Waals surface area contributed by atoms with Crippen LogP contribution in [0, 0.1) is 0 Å². The van der Waals surface area contributed by atoms with Crippen LogP contribution in [0.1, 0.15) is 16.2 Å². The number of nitrogens with zero attached hydrogens (tertiary/aromatic N) is 3. The van der Waals surface area contributed by atoms with E-state index >= 15 is 0 Å².